The third-order valence-electron chi connectivity index (χ3n) is 13.0. The van der Waals surface area contributed by atoms with Crippen molar-refractivity contribution in [3.63, 3.8) is 0 Å². The molecule has 0 saturated carbocycles. The normalized spacial score (nSPS) is 13.3. The van der Waals surface area contributed by atoms with E-state index in [-0.39, 0.29) is 0 Å². The van der Waals surface area contributed by atoms with Crippen LogP contribution < -0.4 is 10.4 Å². The van der Waals surface area contributed by atoms with E-state index in [4.69, 9.17) is 17.0 Å². The van der Waals surface area contributed by atoms with Crippen molar-refractivity contribution >= 4 is 58.5 Å². The Morgan fingerprint density at radius 3 is 1.39 bits per heavy atom. The van der Waals surface area contributed by atoms with Gasteiger partial charge in [0.2, 0.25) is 0 Å². The zero-order chi connectivity index (χ0) is 44.2. The Bertz CT molecular complexity index is 2440. The molecule has 0 spiro atoms. The summed E-state index contributed by atoms with van der Waals surface area (Å²) in [5.41, 5.74) is 14.2. The van der Waals surface area contributed by atoms with E-state index < -0.39 is 20.8 Å². The van der Waals surface area contributed by atoms with Crippen molar-refractivity contribution in [1.82, 2.24) is 0 Å². The standard InChI is InChI=1S/2C23H27.C12H7Si.2ClH.Zr/c2*1-5-16(3)20-14-19-12-13-21(17(4)6-2)23(22(19)15-20)18-10-8-7-9-11-18;1-3-7-11-9(5-1)10-6-2-4-8-12(10)13-11;;;/h2*7-17H,5-6H2,1-4H3;1-7H;2*1H;/q3*-1;;;+2/p-2. The fourth-order valence-electron chi connectivity index (χ4n) is 8.53. The predicted octanol–water partition coefficient (Wildman–Crippen LogP) is 17.0. The molecule has 318 valence electrons. The van der Waals surface area contributed by atoms with Gasteiger partial charge in [0, 0.05) is 0 Å². The molecule has 0 nitrogen and oxygen atoms in total. The van der Waals surface area contributed by atoms with Crippen LogP contribution in [0, 0.1) is 6.07 Å². The van der Waals surface area contributed by atoms with E-state index in [0.29, 0.717) is 23.7 Å². The molecule has 0 amide bonds. The molecule has 0 aliphatic carbocycles. The first-order valence-corrected chi connectivity index (χ1v) is 29.9. The van der Waals surface area contributed by atoms with Crippen molar-refractivity contribution in [3.8, 4) is 33.4 Å². The molecule has 0 bridgehead atoms. The van der Waals surface area contributed by atoms with Crippen LogP contribution in [0.4, 0.5) is 0 Å². The Labute approximate surface area is 394 Å². The molecule has 0 aromatic heterocycles. The Balaban J connectivity index is 0.000000155. The van der Waals surface area contributed by atoms with Gasteiger partial charge in [-0.2, -0.15) is 41.6 Å². The van der Waals surface area contributed by atoms with Gasteiger partial charge in [-0.3, -0.25) is 0 Å². The number of halogens is 2. The third-order valence-corrected chi connectivity index (χ3v) is 14.4. The van der Waals surface area contributed by atoms with Gasteiger partial charge < -0.3 is 0 Å². The topological polar surface area (TPSA) is 0 Å². The molecular formula is C58H61Cl2SiZr-3. The fourth-order valence-corrected chi connectivity index (χ4v) is 9.84. The molecule has 4 atom stereocenters. The molecule has 4 heteroatoms. The second-order valence-corrected chi connectivity index (χ2v) is 21.8. The maximum absolute atomic E-state index is 4.93. The van der Waals surface area contributed by atoms with Crippen LogP contribution in [-0.4, -0.2) is 9.52 Å². The summed E-state index contributed by atoms with van der Waals surface area (Å²) in [4.78, 5) is 0. The molecule has 2 radical (unpaired) electrons. The van der Waals surface area contributed by atoms with Gasteiger partial charge in [0.1, 0.15) is 0 Å². The summed E-state index contributed by atoms with van der Waals surface area (Å²) in [6, 6.07) is 58.9. The van der Waals surface area contributed by atoms with E-state index in [1.807, 2.05) is 6.07 Å². The monoisotopic (exact) mass is 945 g/mol. The smallest absolute Gasteiger partial charge is 0.0920 e. The zero-order valence-electron chi connectivity index (χ0n) is 37.8. The van der Waals surface area contributed by atoms with E-state index in [1.165, 1.54) is 113 Å². The van der Waals surface area contributed by atoms with Crippen molar-refractivity contribution < 1.29 is 20.8 Å². The summed E-state index contributed by atoms with van der Waals surface area (Å²) >= 11 is -0.826. The van der Waals surface area contributed by atoms with Crippen molar-refractivity contribution in [3.05, 3.63) is 180 Å². The van der Waals surface area contributed by atoms with Gasteiger partial charge in [-0.15, -0.1) is 74.6 Å². The number of hydrogen-bond donors (Lipinski definition) is 0. The van der Waals surface area contributed by atoms with E-state index in [1.54, 1.807) is 0 Å². The van der Waals surface area contributed by atoms with E-state index in [2.05, 4.69) is 207 Å². The van der Waals surface area contributed by atoms with E-state index in [9.17, 15) is 0 Å². The third kappa shape index (κ3) is 11.1. The molecule has 1 aliphatic heterocycles. The molecule has 9 rings (SSSR count). The second kappa shape index (κ2) is 23.2. The minimum Gasteiger partial charge on any atom is -0.184 e. The Morgan fingerprint density at radius 2 is 0.935 bits per heavy atom. The van der Waals surface area contributed by atoms with Crippen LogP contribution in [0.15, 0.2) is 152 Å². The summed E-state index contributed by atoms with van der Waals surface area (Å²) in [7, 11) is 10.7. The summed E-state index contributed by atoms with van der Waals surface area (Å²) in [6.45, 7) is 18.4. The van der Waals surface area contributed by atoms with Gasteiger partial charge >= 0.3 is 37.9 Å². The van der Waals surface area contributed by atoms with Gasteiger partial charge in [-0.25, -0.2) is 0 Å². The predicted molar refractivity (Wildman–Crippen MR) is 272 cm³/mol. The maximum atomic E-state index is 4.93. The van der Waals surface area contributed by atoms with E-state index >= 15 is 0 Å². The van der Waals surface area contributed by atoms with Crippen LogP contribution in [0.5, 0.6) is 0 Å². The van der Waals surface area contributed by atoms with Crippen molar-refractivity contribution in [2.45, 2.75) is 105 Å². The largest absolute Gasteiger partial charge is 0.184 e. The SMILES string of the molecule is CCC(C)c1cc2c(-c3ccccc3)c(C(C)CC)ccc2[cH-]1.CCC(C)c1cc2c(-c3ccccc3)c(C(C)CC)ccc2[cH-]1.[Cl][Zr][Cl].[c-]1cccc2c1[Si]c1ccccc1-2. The molecule has 62 heavy (non-hydrogen) atoms. The van der Waals surface area contributed by atoms with Gasteiger partial charge in [0.05, 0.1) is 9.52 Å². The zero-order valence-corrected chi connectivity index (χ0v) is 42.8. The van der Waals surface area contributed by atoms with Crippen LogP contribution in [0.3, 0.4) is 0 Å². The quantitative estimate of drug-likeness (QED) is 0.0947. The Kier molecular flexibility index (Phi) is 17.9. The van der Waals surface area contributed by atoms with Crippen molar-refractivity contribution in [2.24, 2.45) is 0 Å². The van der Waals surface area contributed by atoms with Crippen LogP contribution in [0.1, 0.15) is 127 Å². The summed E-state index contributed by atoms with van der Waals surface area (Å²) < 4.78 is 0. The Morgan fingerprint density at radius 1 is 0.516 bits per heavy atom. The summed E-state index contributed by atoms with van der Waals surface area (Å²) in [5, 5.41) is 8.43. The second-order valence-electron chi connectivity index (χ2n) is 16.8. The minimum atomic E-state index is -0.826. The average molecular weight is 948 g/mol. The van der Waals surface area contributed by atoms with Crippen LogP contribution in [0.25, 0.3) is 54.9 Å². The summed E-state index contributed by atoms with van der Waals surface area (Å²) in [5.74, 6) is 2.41. The maximum Gasteiger partial charge on any atom is 0.0920 e. The van der Waals surface area contributed by atoms with Gasteiger partial charge in [0.15, 0.2) is 0 Å². The number of fused-ring (bicyclic) bond motifs is 5. The van der Waals surface area contributed by atoms with Crippen LogP contribution in [0.2, 0.25) is 0 Å². The van der Waals surface area contributed by atoms with Gasteiger partial charge in [-0.05, 0) is 47.6 Å². The van der Waals surface area contributed by atoms with Gasteiger partial charge in [-0.1, -0.05) is 186 Å². The molecule has 0 N–H and O–H groups in total. The van der Waals surface area contributed by atoms with Crippen molar-refractivity contribution in [1.29, 1.82) is 0 Å². The molecule has 4 unspecified atom stereocenters. The number of rotatable bonds is 10. The first-order valence-electron chi connectivity index (χ1n) is 22.6. The minimum absolute atomic E-state index is 0.580. The molecule has 0 fully saturated rings. The van der Waals surface area contributed by atoms with Crippen molar-refractivity contribution in [2.75, 3.05) is 0 Å². The van der Waals surface area contributed by atoms with Crippen LogP contribution in [-0.2, 0) is 20.8 Å². The first-order chi connectivity index (χ1) is 30.2. The molecule has 1 aliphatic rings. The number of hydrogen-bond acceptors (Lipinski definition) is 0. The number of benzene rings is 6. The first kappa shape index (κ1) is 47.7. The molecule has 8 aromatic carbocycles. The molecule has 0 saturated heterocycles. The summed E-state index contributed by atoms with van der Waals surface area (Å²) in [6.07, 6.45) is 4.72. The fraction of sp³-hybridized carbons (Fsp3) is 0.276. The molecular weight excluding hydrogens is 887 g/mol. The van der Waals surface area contributed by atoms with E-state index in [0.717, 1.165) is 9.52 Å². The van der Waals surface area contributed by atoms with Gasteiger partial charge in [0.25, 0.3) is 0 Å². The molecule has 8 aromatic rings. The molecule has 1 heterocycles. The average Bonchev–Trinajstić information content (AvgIpc) is 4.07. The van der Waals surface area contributed by atoms with Crippen LogP contribution >= 0.6 is 17.0 Å². The Hall–Kier alpha value is -3.78.